The van der Waals surface area contributed by atoms with Gasteiger partial charge < -0.3 is 15.4 Å². The van der Waals surface area contributed by atoms with Crippen LogP contribution in [0.4, 0.5) is 0 Å². The van der Waals surface area contributed by atoms with Crippen LogP contribution >= 0.6 is 0 Å². The number of benzene rings is 2. The first kappa shape index (κ1) is 15.0. The molecule has 0 aliphatic rings. The summed E-state index contributed by atoms with van der Waals surface area (Å²) in [5.41, 5.74) is 1.36. The molecule has 1 aromatic heterocycles. The van der Waals surface area contributed by atoms with Crippen molar-refractivity contribution in [3.63, 3.8) is 0 Å². The third-order valence-corrected chi connectivity index (χ3v) is 3.69. The molecule has 0 bridgehead atoms. The van der Waals surface area contributed by atoms with Gasteiger partial charge in [-0.2, -0.15) is 0 Å². The highest BCUT2D eigenvalue weighted by Gasteiger charge is 2.17. The van der Waals surface area contributed by atoms with E-state index < -0.39 is 11.9 Å². The zero-order chi connectivity index (χ0) is 16.2. The van der Waals surface area contributed by atoms with Crippen molar-refractivity contribution in [2.45, 2.75) is 6.04 Å². The van der Waals surface area contributed by atoms with Crippen LogP contribution in [0.3, 0.4) is 0 Å². The van der Waals surface area contributed by atoms with Crippen molar-refractivity contribution in [3.8, 4) is 0 Å². The van der Waals surface area contributed by atoms with E-state index in [4.69, 9.17) is 0 Å². The Kier molecular flexibility index (Phi) is 4.21. The second-order valence-corrected chi connectivity index (χ2v) is 5.21. The molecule has 3 N–H and O–H groups in total. The number of hydrogen-bond acceptors (Lipinski definition) is 3. The summed E-state index contributed by atoms with van der Waals surface area (Å²) in [6, 6.07) is 17.1. The number of aliphatic hydroxyl groups excluding tert-OH is 1. The number of carbonyl (C=O) groups excluding carboxylic acids is 1. The number of pyridine rings is 1. The Morgan fingerprint density at radius 3 is 2.52 bits per heavy atom. The van der Waals surface area contributed by atoms with Gasteiger partial charge in [0.2, 0.25) is 5.56 Å². The van der Waals surface area contributed by atoms with E-state index in [0.717, 1.165) is 5.56 Å². The molecule has 1 heterocycles. The van der Waals surface area contributed by atoms with Crippen molar-refractivity contribution in [2.24, 2.45) is 0 Å². The quantitative estimate of drug-likeness (QED) is 0.689. The normalized spacial score (nSPS) is 12.0. The molecule has 0 aliphatic heterocycles. The molecule has 3 aromatic rings. The van der Waals surface area contributed by atoms with E-state index in [1.807, 2.05) is 30.3 Å². The van der Waals surface area contributed by atoms with Crippen LogP contribution in [0.2, 0.25) is 0 Å². The van der Waals surface area contributed by atoms with Crippen molar-refractivity contribution < 1.29 is 9.90 Å². The highest BCUT2D eigenvalue weighted by Crippen LogP contribution is 2.17. The predicted octanol–water partition coefficient (Wildman–Crippen LogP) is 1.99. The van der Waals surface area contributed by atoms with E-state index in [1.165, 1.54) is 6.07 Å². The first-order chi connectivity index (χ1) is 11.2. The minimum atomic E-state index is -0.526. The second kappa shape index (κ2) is 6.46. The van der Waals surface area contributed by atoms with E-state index in [2.05, 4.69) is 10.3 Å². The Bertz CT molecular complexity index is 887. The zero-order valence-corrected chi connectivity index (χ0v) is 12.3. The smallest absolute Gasteiger partial charge is 0.252 e. The number of H-pyrrole nitrogens is 1. The van der Waals surface area contributed by atoms with Gasteiger partial charge in [-0.05, 0) is 11.6 Å². The zero-order valence-electron chi connectivity index (χ0n) is 12.3. The number of aromatic amines is 1. The predicted molar refractivity (Wildman–Crippen MR) is 88.3 cm³/mol. The lowest BCUT2D eigenvalue weighted by Crippen LogP contribution is -2.31. The highest BCUT2D eigenvalue weighted by molar-refractivity contribution is 6.06. The van der Waals surface area contributed by atoms with Crippen LogP contribution in [0.1, 0.15) is 22.0 Å². The summed E-state index contributed by atoms with van der Waals surface area (Å²) in [7, 11) is 0. The second-order valence-electron chi connectivity index (χ2n) is 5.21. The molecule has 23 heavy (non-hydrogen) atoms. The Morgan fingerprint density at radius 2 is 1.78 bits per heavy atom. The number of para-hydroxylation sites is 1. The average molecular weight is 308 g/mol. The van der Waals surface area contributed by atoms with Gasteiger partial charge in [0.1, 0.15) is 0 Å². The largest absolute Gasteiger partial charge is 0.394 e. The van der Waals surface area contributed by atoms with Crippen LogP contribution in [0, 0.1) is 0 Å². The fourth-order valence-electron chi connectivity index (χ4n) is 2.55. The molecule has 0 saturated heterocycles. The molecule has 0 radical (unpaired) electrons. The monoisotopic (exact) mass is 308 g/mol. The average Bonchev–Trinajstić information content (AvgIpc) is 2.59. The molecular formula is C18H16N2O3. The van der Waals surface area contributed by atoms with E-state index in [0.29, 0.717) is 16.5 Å². The van der Waals surface area contributed by atoms with Gasteiger partial charge >= 0.3 is 0 Å². The van der Waals surface area contributed by atoms with Gasteiger partial charge in [-0.3, -0.25) is 9.59 Å². The van der Waals surface area contributed by atoms with Crippen molar-refractivity contribution >= 4 is 16.8 Å². The van der Waals surface area contributed by atoms with Crippen molar-refractivity contribution in [3.05, 3.63) is 82.1 Å². The summed E-state index contributed by atoms with van der Waals surface area (Å²) in [6.45, 7) is -0.225. The Labute approximate surface area is 132 Å². The maximum atomic E-state index is 12.6. The van der Waals surface area contributed by atoms with Crippen LogP contribution in [0.25, 0.3) is 10.9 Å². The summed E-state index contributed by atoms with van der Waals surface area (Å²) in [6.07, 6.45) is 0. The third kappa shape index (κ3) is 3.14. The molecule has 3 rings (SSSR count). The topological polar surface area (TPSA) is 82.2 Å². The number of aliphatic hydroxyl groups is 1. The van der Waals surface area contributed by atoms with Crippen molar-refractivity contribution in [1.82, 2.24) is 10.3 Å². The Hall–Kier alpha value is -2.92. The summed E-state index contributed by atoms with van der Waals surface area (Å²) < 4.78 is 0. The summed E-state index contributed by atoms with van der Waals surface area (Å²) in [5.74, 6) is -0.393. The van der Waals surface area contributed by atoms with E-state index in [9.17, 15) is 14.7 Å². The maximum absolute atomic E-state index is 12.6. The third-order valence-electron chi connectivity index (χ3n) is 3.69. The fourth-order valence-corrected chi connectivity index (χ4v) is 2.55. The van der Waals surface area contributed by atoms with Crippen LogP contribution in [-0.2, 0) is 0 Å². The lowest BCUT2D eigenvalue weighted by Gasteiger charge is -2.17. The van der Waals surface area contributed by atoms with Gasteiger partial charge in [0.15, 0.2) is 0 Å². The molecule has 0 aliphatic carbocycles. The first-order valence-electron chi connectivity index (χ1n) is 7.28. The lowest BCUT2D eigenvalue weighted by molar-refractivity contribution is 0.0917. The molecule has 5 nitrogen and oxygen atoms in total. The number of amides is 1. The van der Waals surface area contributed by atoms with Gasteiger partial charge in [0.05, 0.1) is 18.2 Å². The summed E-state index contributed by atoms with van der Waals surface area (Å²) in [4.78, 5) is 27.0. The highest BCUT2D eigenvalue weighted by atomic mass is 16.3. The molecule has 0 spiro atoms. The minimum absolute atomic E-state index is 0.225. The van der Waals surface area contributed by atoms with E-state index >= 15 is 0 Å². The fraction of sp³-hybridized carbons (Fsp3) is 0.111. The first-order valence-corrected chi connectivity index (χ1v) is 7.28. The van der Waals surface area contributed by atoms with Gasteiger partial charge in [0, 0.05) is 17.0 Å². The maximum Gasteiger partial charge on any atom is 0.252 e. The van der Waals surface area contributed by atoms with Gasteiger partial charge in [-0.25, -0.2) is 0 Å². The van der Waals surface area contributed by atoms with Crippen LogP contribution in [0.5, 0.6) is 0 Å². The summed E-state index contributed by atoms with van der Waals surface area (Å²) >= 11 is 0. The van der Waals surface area contributed by atoms with E-state index in [1.54, 1.807) is 24.3 Å². The van der Waals surface area contributed by atoms with E-state index in [-0.39, 0.29) is 12.2 Å². The number of carbonyl (C=O) groups is 1. The SMILES string of the molecule is O=C(N[C@H](CO)c1ccccc1)c1cc(=O)[nH]c2ccccc12. The molecule has 0 saturated carbocycles. The number of nitrogens with one attached hydrogen (secondary N) is 2. The number of rotatable bonds is 4. The Morgan fingerprint density at radius 1 is 1.09 bits per heavy atom. The molecular weight excluding hydrogens is 292 g/mol. The lowest BCUT2D eigenvalue weighted by atomic mass is 10.1. The van der Waals surface area contributed by atoms with Crippen LogP contribution in [-0.4, -0.2) is 22.6 Å². The van der Waals surface area contributed by atoms with Crippen molar-refractivity contribution in [2.75, 3.05) is 6.61 Å². The standard InChI is InChI=1S/C18H16N2O3/c21-11-16(12-6-2-1-3-7-12)20-18(23)14-10-17(22)19-15-9-5-4-8-13(14)15/h1-10,16,21H,11H2,(H,19,22)(H,20,23)/t16-/m1/s1. The molecule has 0 fully saturated rings. The minimum Gasteiger partial charge on any atom is -0.394 e. The van der Waals surface area contributed by atoms with Gasteiger partial charge in [0.25, 0.3) is 5.91 Å². The Balaban J connectivity index is 1.96. The number of fused-ring (bicyclic) bond motifs is 1. The number of hydrogen-bond donors (Lipinski definition) is 3. The number of aromatic nitrogens is 1. The van der Waals surface area contributed by atoms with Crippen LogP contribution in [0.15, 0.2) is 65.5 Å². The molecule has 2 aromatic carbocycles. The summed E-state index contributed by atoms with van der Waals surface area (Å²) in [5, 5.41) is 13.0. The molecule has 5 heteroatoms. The van der Waals surface area contributed by atoms with Crippen molar-refractivity contribution in [1.29, 1.82) is 0 Å². The van der Waals surface area contributed by atoms with Gasteiger partial charge in [-0.1, -0.05) is 48.5 Å². The molecule has 0 unspecified atom stereocenters. The molecule has 116 valence electrons. The van der Waals surface area contributed by atoms with Gasteiger partial charge in [-0.15, -0.1) is 0 Å². The molecule has 1 amide bonds. The van der Waals surface area contributed by atoms with Crippen LogP contribution < -0.4 is 10.9 Å². The molecule has 1 atom stereocenters.